The highest BCUT2D eigenvalue weighted by Crippen LogP contribution is 2.22. The average molecular weight is 419 g/mol. The second kappa shape index (κ2) is 7.98. The van der Waals surface area contributed by atoms with Gasteiger partial charge in [0.2, 0.25) is 5.76 Å². The quantitative estimate of drug-likeness (QED) is 0.388. The Hall–Kier alpha value is -4.07. The zero-order valence-electron chi connectivity index (χ0n) is 17.3. The summed E-state index contributed by atoms with van der Waals surface area (Å²) in [4.78, 5) is 37.7. The van der Waals surface area contributed by atoms with E-state index < -0.39 is 17.9 Å². The van der Waals surface area contributed by atoms with Crippen molar-refractivity contribution in [2.75, 3.05) is 7.11 Å². The average Bonchev–Trinajstić information content (AvgIpc) is 3.47. The number of benzene rings is 1. The van der Waals surface area contributed by atoms with Crippen LogP contribution in [0.15, 0.2) is 58.8 Å². The lowest BCUT2D eigenvalue weighted by Gasteiger charge is -2.10. The zero-order valence-corrected chi connectivity index (χ0v) is 17.3. The molecule has 0 radical (unpaired) electrons. The van der Waals surface area contributed by atoms with Gasteiger partial charge in [0.25, 0.3) is 5.91 Å². The summed E-state index contributed by atoms with van der Waals surface area (Å²) in [5.41, 5.74) is 4.22. The van der Waals surface area contributed by atoms with Gasteiger partial charge in [-0.05, 0) is 67.4 Å². The van der Waals surface area contributed by atoms with Gasteiger partial charge in [0.1, 0.15) is 11.5 Å². The third-order valence-electron chi connectivity index (χ3n) is 5.17. The number of carbonyl (C=O) groups is 3. The van der Waals surface area contributed by atoms with Gasteiger partial charge in [0.15, 0.2) is 0 Å². The molecule has 1 N–H and O–H groups in total. The fourth-order valence-corrected chi connectivity index (χ4v) is 3.31. The molecule has 0 aliphatic carbocycles. The molecule has 3 heterocycles. The van der Waals surface area contributed by atoms with Crippen LogP contribution in [0.4, 0.5) is 4.79 Å². The molecule has 3 aromatic rings. The van der Waals surface area contributed by atoms with Crippen molar-refractivity contribution in [3.63, 3.8) is 0 Å². The van der Waals surface area contributed by atoms with Crippen LogP contribution in [0.25, 0.3) is 11.8 Å². The van der Waals surface area contributed by atoms with Crippen LogP contribution in [-0.2, 0) is 16.1 Å². The fraction of sp³-hybridized carbons (Fsp3) is 0.174. The van der Waals surface area contributed by atoms with Gasteiger partial charge in [-0.3, -0.25) is 9.69 Å². The number of esters is 1. The molecule has 0 bridgehead atoms. The molecule has 8 nitrogen and oxygen atoms in total. The number of carbonyl (C=O) groups excluding carboxylic acids is 3. The number of imide groups is 1. The Labute approximate surface area is 178 Å². The summed E-state index contributed by atoms with van der Waals surface area (Å²) in [5, 5.41) is 2.60. The lowest BCUT2D eigenvalue weighted by atomic mass is 10.1. The molecule has 1 fully saturated rings. The van der Waals surface area contributed by atoms with Crippen LogP contribution in [-0.4, -0.2) is 34.5 Å². The minimum Gasteiger partial charge on any atom is -0.463 e. The van der Waals surface area contributed by atoms with Crippen LogP contribution >= 0.6 is 0 Å². The molecular weight excluding hydrogens is 398 g/mol. The summed E-state index contributed by atoms with van der Waals surface area (Å²) in [5.74, 6) is -0.805. The van der Waals surface area contributed by atoms with E-state index in [0.29, 0.717) is 5.76 Å². The Morgan fingerprint density at radius 2 is 1.94 bits per heavy atom. The van der Waals surface area contributed by atoms with E-state index in [1.165, 1.54) is 24.8 Å². The SMILES string of the molecule is COC(=O)c1ccc(CN2C(=O)NC(=Cc3cccn3-c3ccc(C)c(C)c3)C2=O)o1. The van der Waals surface area contributed by atoms with Crippen LogP contribution in [0, 0.1) is 13.8 Å². The number of furan rings is 1. The number of methoxy groups -OCH3 is 1. The second-order valence-electron chi connectivity index (χ2n) is 7.21. The molecule has 0 saturated carbocycles. The van der Waals surface area contributed by atoms with Crippen molar-refractivity contribution < 1.29 is 23.5 Å². The summed E-state index contributed by atoms with van der Waals surface area (Å²) in [6, 6.07) is 12.2. The molecule has 4 rings (SSSR count). The van der Waals surface area contributed by atoms with Crippen LogP contribution in [0.2, 0.25) is 0 Å². The predicted molar refractivity (Wildman–Crippen MR) is 112 cm³/mol. The molecule has 0 spiro atoms. The minimum absolute atomic E-state index is 0.00605. The molecular formula is C23H21N3O5. The van der Waals surface area contributed by atoms with Crippen molar-refractivity contribution in [3.05, 3.63) is 82.7 Å². The Bertz CT molecular complexity index is 1220. The van der Waals surface area contributed by atoms with E-state index in [1.54, 1.807) is 6.08 Å². The van der Waals surface area contributed by atoms with E-state index in [4.69, 9.17) is 4.42 Å². The molecule has 0 atom stereocenters. The Balaban J connectivity index is 1.57. The van der Waals surface area contributed by atoms with Crippen molar-refractivity contribution >= 4 is 24.0 Å². The van der Waals surface area contributed by atoms with Crippen LogP contribution in [0.3, 0.4) is 0 Å². The van der Waals surface area contributed by atoms with Gasteiger partial charge in [-0.25, -0.2) is 9.59 Å². The Kier molecular flexibility index (Phi) is 5.21. The van der Waals surface area contributed by atoms with E-state index in [0.717, 1.165) is 21.8 Å². The Morgan fingerprint density at radius 1 is 1.13 bits per heavy atom. The molecule has 3 amide bonds. The molecule has 1 aliphatic heterocycles. The number of aromatic nitrogens is 1. The first-order valence-corrected chi connectivity index (χ1v) is 9.64. The van der Waals surface area contributed by atoms with Gasteiger partial charge in [-0.15, -0.1) is 0 Å². The third-order valence-corrected chi connectivity index (χ3v) is 5.17. The number of amides is 3. The summed E-state index contributed by atoms with van der Waals surface area (Å²) in [6.45, 7) is 3.99. The topological polar surface area (TPSA) is 93.8 Å². The molecule has 1 saturated heterocycles. The summed E-state index contributed by atoms with van der Waals surface area (Å²) in [7, 11) is 1.24. The van der Waals surface area contributed by atoms with Gasteiger partial charge < -0.3 is 19.0 Å². The van der Waals surface area contributed by atoms with E-state index >= 15 is 0 Å². The maximum absolute atomic E-state index is 12.8. The normalized spacial score (nSPS) is 14.9. The zero-order chi connectivity index (χ0) is 22.1. The lowest BCUT2D eigenvalue weighted by Crippen LogP contribution is -2.30. The summed E-state index contributed by atoms with van der Waals surface area (Å²) < 4.78 is 11.9. The van der Waals surface area contributed by atoms with Crippen molar-refractivity contribution in [3.8, 4) is 5.69 Å². The Morgan fingerprint density at radius 3 is 2.68 bits per heavy atom. The standard InChI is InChI=1S/C23H21N3O5/c1-14-6-7-17(11-15(14)2)25-10-4-5-16(25)12-19-21(27)26(23(29)24-19)13-18-8-9-20(31-18)22(28)30-3/h4-12H,13H2,1-3H3,(H,24,29). The van der Waals surface area contributed by atoms with Gasteiger partial charge in [0, 0.05) is 17.6 Å². The number of nitrogens with zero attached hydrogens (tertiary/aromatic N) is 2. The molecule has 2 aromatic heterocycles. The highest BCUT2D eigenvalue weighted by Gasteiger charge is 2.34. The maximum Gasteiger partial charge on any atom is 0.373 e. The lowest BCUT2D eigenvalue weighted by molar-refractivity contribution is -0.123. The number of hydrogen-bond donors (Lipinski definition) is 1. The molecule has 0 unspecified atom stereocenters. The number of aryl methyl sites for hydroxylation is 2. The number of rotatable bonds is 5. The van der Waals surface area contributed by atoms with E-state index in [-0.39, 0.29) is 18.0 Å². The highest BCUT2D eigenvalue weighted by molar-refractivity contribution is 6.13. The van der Waals surface area contributed by atoms with E-state index in [2.05, 4.69) is 16.1 Å². The van der Waals surface area contributed by atoms with E-state index in [9.17, 15) is 14.4 Å². The molecule has 1 aliphatic rings. The van der Waals surface area contributed by atoms with Gasteiger partial charge >= 0.3 is 12.0 Å². The summed E-state index contributed by atoms with van der Waals surface area (Å²) >= 11 is 0. The van der Waals surface area contributed by atoms with Crippen molar-refractivity contribution in [2.45, 2.75) is 20.4 Å². The monoisotopic (exact) mass is 419 g/mol. The minimum atomic E-state index is -0.629. The van der Waals surface area contributed by atoms with Crippen molar-refractivity contribution in [1.82, 2.24) is 14.8 Å². The summed E-state index contributed by atoms with van der Waals surface area (Å²) in [6.07, 6.45) is 3.53. The molecule has 8 heteroatoms. The highest BCUT2D eigenvalue weighted by atomic mass is 16.5. The molecule has 158 valence electrons. The van der Waals surface area contributed by atoms with Gasteiger partial charge in [-0.2, -0.15) is 0 Å². The molecule has 31 heavy (non-hydrogen) atoms. The van der Waals surface area contributed by atoms with Crippen LogP contribution in [0.1, 0.15) is 33.1 Å². The fourth-order valence-electron chi connectivity index (χ4n) is 3.31. The first kappa shape index (κ1) is 20.2. The largest absolute Gasteiger partial charge is 0.463 e. The number of hydrogen-bond acceptors (Lipinski definition) is 5. The first-order chi connectivity index (χ1) is 14.9. The van der Waals surface area contributed by atoms with Crippen molar-refractivity contribution in [1.29, 1.82) is 0 Å². The predicted octanol–water partition coefficient (Wildman–Crippen LogP) is 3.57. The first-order valence-electron chi connectivity index (χ1n) is 9.64. The molecule has 1 aromatic carbocycles. The number of urea groups is 1. The van der Waals surface area contributed by atoms with Gasteiger partial charge in [-0.1, -0.05) is 6.07 Å². The second-order valence-corrected chi connectivity index (χ2v) is 7.21. The third kappa shape index (κ3) is 3.87. The van der Waals surface area contributed by atoms with Crippen LogP contribution in [0.5, 0.6) is 0 Å². The smallest absolute Gasteiger partial charge is 0.373 e. The maximum atomic E-state index is 12.8. The number of ether oxygens (including phenoxy) is 1. The van der Waals surface area contributed by atoms with Gasteiger partial charge in [0.05, 0.1) is 13.7 Å². The van der Waals surface area contributed by atoms with E-state index in [1.807, 2.05) is 48.9 Å². The van der Waals surface area contributed by atoms with Crippen LogP contribution < -0.4 is 5.32 Å². The number of nitrogens with one attached hydrogen (secondary N) is 1. The van der Waals surface area contributed by atoms with Crippen molar-refractivity contribution in [2.24, 2.45) is 0 Å².